The van der Waals surface area contributed by atoms with E-state index in [0.29, 0.717) is 13.0 Å². The van der Waals surface area contributed by atoms with E-state index in [1.54, 1.807) is 0 Å². The Kier molecular flexibility index (Phi) is 3.34. The van der Waals surface area contributed by atoms with Crippen LogP contribution in [-0.2, 0) is 6.54 Å². The van der Waals surface area contributed by atoms with E-state index in [9.17, 15) is 9.50 Å². The Morgan fingerprint density at radius 3 is 2.73 bits per heavy atom. The van der Waals surface area contributed by atoms with E-state index >= 15 is 0 Å². The Morgan fingerprint density at radius 1 is 1.33 bits per heavy atom. The molecule has 2 rings (SSSR count). The monoisotopic (exact) mass is 209 g/mol. The largest absolute Gasteiger partial charge is 0.389 e. The highest BCUT2D eigenvalue weighted by atomic mass is 19.1. The lowest BCUT2D eigenvalue weighted by molar-refractivity contribution is 0.000903. The maximum atomic E-state index is 13.0. The number of β-amino-alcohol motifs (C(OH)–C–C–N with tert-alkyl or cyclic N) is 1. The highest BCUT2D eigenvalue weighted by Crippen LogP contribution is 2.16. The Balaban J connectivity index is 1.91. The molecular weight excluding hydrogens is 193 g/mol. The molecule has 2 atom stereocenters. The van der Waals surface area contributed by atoms with Gasteiger partial charge in [-0.15, -0.1) is 0 Å². The molecule has 0 aliphatic carbocycles. The average Bonchev–Trinajstić information content (AvgIpc) is 2.25. The third-order valence-corrected chi connectivity index (χ3v) is 2.83. The van der Waals surface area contributed by atoms with Crippen LogP contribution in [0.25, 0.3) is 0 Å². The number of piperidine rings is 1. The average molecular weight is 209 g/mol. The van der Waals surface area contributed by atoms with Gasteiger partial charge in [-0.05, 0) is 12.0 Å². The van der Waals surface area contributed by atoms with Crippen molar-refractivity contribution in [2.24, 2.45) is 0 Å². The van der Waals surface area contributed by atoms with Gasteiger partial charge in [0.05, 0.1) is 6.10 Å². The van der Waals surface area contributed by atoms with E-state index < -0.39 is 12.3 Å². The summed E-state index contributed by atoms with van der Waals surface area (Å²) in [4.78, 5) is 2.09. The molecule has 0 amide bonds. The zero-order valence-corrected chi connectivity index (χ0v) is 8.64. The predicted molar refractivity (Wildman–Crippen MR) is 57.2 cm³/mol. The summed E-state index contributed by atoms with van der Waals surface area (Å²) in [5, 5.41) is 9.41. The Bertz CT molecular complexity index is 304. The number of aliphatic hydroxyl groups is 1. The van der Waals surface area contributed by atoms with Crippen molar-refractivity contribution < 1.29 is 9.50 Å². The van der Waals surface area contributed by atoms with E-state index in [-0.39, 0.29) is 0 Å². The first-order valence-corrected chi connectivity index (χ1v) is 5.34. The van der Waals surface area contributed by atoms with E-state index in [1.807, 2.05) is 30.3 Å². The lowest BCUT2D eigenvalue weighted by Gasteiger charge is -2.32. The van der Waals surface area contributed by atoms with Crippen LogP contribution < -0.4 is 0 Å². The number of halogens is 1. The number of hydrogen-bond acceptors (Lipinski definition) is 2. The molecule has 1 aromatic carbocycles. The maximum absolute atomic E-state index is 13.0. The van der Waals surface area contributed by atoms with Gasteiger partial charge in [0.1, 0.15) is 6.17 Å². The van der Waals surface area contributed by atoms with Crippen LogP contribution in [0.5, 0.6) is 0 Å². The van der Waals surface area contributed by atoms with E-state index in [1.165, 1.54) is 5.56 Å². The zero-order chi connectivity index (χ0) is 10.7. The van der Waals surface area contributed by atoms with Crippen molar-refractivity contribution in [3.8, 4) is 0 Å². The molecule has 1 heterocycles. The number of aliphatic hydroxyl groups excluding tert-OH is 1. The second-order valence-electron chi connectivity index (χ2n) is 4.09. The van der Waals surface area contributed by atoms with Gasteiger partial charge in [-0.25, -0.2) is 4.39 Å². The molecule has 0 saturated carbocycles. The summed E-state index contributed by atoms with van der Waals surface area (Å²) in [6.07, 6.45) is -1.42. The van der Waals surface area contributed by atoms with Crippen LogP contribution in [-0.4, -0.2) is 35.4 Å². The van der Waals surface area contributed by atoms with Gasteiger partial charge in [0.25, 0.3) is 0 Å². The quantitative estimate of drug-likeness (QED) is 0.799. The smallest absolute Gasteiger partial charge is 0.128 e. The highest BCUT2D eigenvalue weighted by Gasteiger charge is 2.26. The normalized spacial score (nSPS) is 27.9. The number of nitrogens with zero attached hydrogens (tertiary/aromatic N) is 1. The zero-order valence-electron chi connectivity index (χ0n) is 8.64. The van der Waals surface area contributed by atoms with Crippen LogP contribution in [0.3, 0.4) is 0 Å². The van der Waals surface area contributed by atoms with Gasteiger partial charge >= 0.3 is 0 Å². The van der Waals surface area contributed by atoms with Gasteiger partial charge in [0.15, 0.2) is 0 Å². The molecule has 0 radical (unpaired) electrons. The summed E-state index contributed by atoms with van der Waals surface area (Å²) < 4.78 is 13.0. The van der Waals surface area contributed by atoms with Crippen LogP contribution in [0.4, 0.5) is 4.39 Å². The summed E-state index contributed by atoms with van der Waals surface area (Å²) >= 11 is 0. The third kappa shape index (κ3) is 2.76. The van der Waals surface area contributed by atoms with Gasteiger partial charge < -0.3 is 5.11 Å². The standard InChI is InChI=1S/C12H16FNO/c13-11-6-7-14(9-12(11)15)8-10-4-2-1-3-5-10/h1-5,11-12,15H,6-9H2/t11-,12+/m0/s1. The molecule has 2 nitrogen and oxygen atoms in total. The lowest BCUT2D eigenvalue weighted by Crippen LogP contribution is -2.44. The van der Waals surface area contributed by atoms with Gasteiger partial charge in [0.2, 0.25) is 0 Å². The minimum Gasteiger partial charge on any atom is -0.389 e. The number of alkyl halides is 1. The van der Waals surface area contributed by atoms with Crippen LogP contribution in [0.2, 0.25) is 0 Å². The fourth-order valence-corrected chi connectivity index (χ4v) is 1.95. The van der Waals surface area contributed by atoms with Crippen molar-refractivity contribution in [2.45, 2.75) is 25.2 Å². The Labute approximate surface area is 89.3 Å². The van der Waals surface area contributed by atoms with Crippen LogP contribution >= 0.6 is 0 Å². The van der Waals surface area contributed by atoms with Crippen molar-refractivity contribution in [3.63, 3.8) is 0 Å². The molecule has 1 aromatic rings. The van der Waals surface area contributed by atoms with Gasteiger partial charge in [0, 0.05) is 19.6 Å². The van der Waals surface area contributed by atoms with Crippen molar-refractivity contribution >= 4 is 0 Å². The summed E-state index contributed by atoms with van der Waals surface area (Å²) in [5.74, 6) is 0. The SMILES string of the molecule is O[C@@H]1CN(Cc2ccccc2)CC[C@@H]1F. The fraction of sp³-hybridized carbons (Fsp3) is 0.500. The molecule has 1 saturated heterocycles. The molecule has 82 valence electrons. The molecule has 3 heteroatoms. The van der Waals surface area contributed by atoms with E-state index in [0.717, 1.165) is 13.1 Å². The van der Waals surface area contributed by atoms with Gasteiger partial charge in [-0.3, -0.25) is 4.90 Å². The predicted octanol–water partition coefficient (Wildman–Crippen LogP) is 1.59. The maximum Gasteiger partial charge on any atom is 0.128 e. The highest BCUT2D eigenvalue weighted by molar-refractivity contribution is 5.14. The molecule has 0 aromatic heterocycles. The minimum atomic E-state index is -1.04. The third-order valence-electron chi connectivity index (χ3n) is 2.83. The van der Waals surface area contributed by atoms with Gasteiger partial charge in [-0.2, -0.15) is 0 Å². The molecule has 0 spiro atoms. The van der Waals surface area contributed by atoms with Crippen LogP contribution in [0.15, 0.2) is 30.3 Å². The van der Waals surface area contributed by atoms with Crippen molar-refractivity contribution in [2.75, 3.05) is 13.1 Å². The summed E-state index contributed by atoms with van der Waals surface area (Å²) in [6, 6.07) is 10.1. The van der Waals surface area contributed by atoms with Crippen molar-refractivity contribution in [3.05, 3.63) is 35.9 Å². The number of hydrogen-bond donors (Lipinski definition) is 1. The Morgan fingerprint density at radius 2 is 2.07 bits per heavy atom. The minimum absolute atomic E-state index is 0.438. The molecule has 0 bridgehead atoms. The molecule has 0 unspecified atom stereocenters. The van der Waals surface area contributed by atoms with Gasteiger partial charge in [-0.1, -0.05) is 30.3 Å². The van der Waals surface area contributed by atoms with Crippen LogP contribution in [0.1, 0.15) is 12.0 Å². The number of benzene rings is 1. The topological polar surface area (TPSA) is 23.5 Å². The molecule has 1 aliphatic heterocycles. The van der Waals surface area contributed by atoms with Crippen molar-refractivity contribution in [1.82, 2.24) is 4.90 Å². The molecule has 1 fully saturated rings. The number of rotatable bonds is 2. The second-order valence-corrected chi connectivity index (χ2v) is 4.09. The number of likely N-dealkylation sites (tertiary alicyclic amines) is 1. The fourth-order valence-electron chi connectivity index (χ4n) is 1.95. The molecular formula is C12H16FNO. The molecule has 1 N–H and O–H groups in total. The first kappa shape index (κ1) is 10.6. The second kappa shape index (κ2) is 4.73. The summed E-state index contributed by atoms with van der Waals surface area (Å²) in [6.45, 7) is 1.97. The first-order chi connectivity index (χ1) is 7.25. The summed E-state index contributed by atoms with van der Waals surface area (Å²) in [7, 11) is 0. The Hall–Kier alpha value is -0.930. The first-order valence-electron chi connectivity index (χ1n) is 5.34. The molecule has 15 heavy (non-hydrogen) atoms. The van der Waals surface area contributed by atoms with E-state index in [2.05, 4.69) is 4.90 Å². The van der Waals surface area contributed by atoms with Crippen LogP contribution in [0, 0.1) is 0 Å². The molecule has 1 aliphatic rings. The van der Waals surface area contributed by atoms with Crippen molar-refractivity contribution in [1.29, 1.82) is 0 Å². The summed E-state index contributed by atoms with van der Waals surface area (Å²) in [5.41, 5.74) is 1.21. The van der Waals surface area contributed by atoms with E-state index in [4.69, 9.17) is 0 Å². The lowest BCUT2D eigenvalue weighted by atomic mass is 10.1.